The lowest BCUT2D eigenvalue weighted by molar-refractivity contribution is -0.384. The van der Waals surface area contributed by atoms with Gasteiger partial charge in [-0.05, 0) is 71.5 Å². The summed E-state index contributed by atoms with van der Waals surface area (Å²) in [6.07, 6.45) is 3.97. The zero-order valence-corrected chi connectivity index (χ0v) is 23.2. The van der Waals surface area contributed by atoms with E-state index in [9.17, 15) is 14.9 Å². The summed E-state index contributed by atoms with van der Waals surface area (Å²) in [5.41, 5.74) is 4.98. The van der Waals surface area contributed by atoms with Crippen molar-refractivity contribution in [3.05, 3.63) is 99.7 Å². The maximum atomic E-state index is 13.1. The molecule has 1 aliphatic heterocycles. The Morgan fingerprint density at radius 3 is 2.44 bits per heavy atom. The van der Waals surface area contributed by atoms with Gasteiger partial charge >= 0.3 is 0 Å². The number of H-pyrrole nitrogens is 1. The van der Waals surface area contributed by atoms with Gasteiger partial charge in [-0.15, -0.1) is 5.10 Å². The number of allylic oxidation sites excluding steroid dienone is 1. The maximum Gasteiger partial charge on any atom is 0.269 e. The van der Waals surface area contributed by atoms with E-state index in [-0.39, 0.29) is 5.69 Å². The minimum absolute atomic E-state index is 0.0238. The number of nitro groups is 1. The molecule has 2 heterocycles. The Morgan fingerprint density at radius 2 is 1.80 bits per heavy atom. The Hall–Kier alpha value is -4.99. The monoisotopic (exact) mass is 549 g/mol. The van der Waals surface area contributed by atoms with E-state index < -0.39 is 10.5 Å². The average molecular weight is 550 g/mol. The molecule has 0 saturated heterocycles. The number of amidine groups is 1. The SMILES string of the molecule is CCCCC1=NC(C)=C(Cc2ccc([N+](=O)[O-])cc2)C(C)(C=O)N1c1ccc(-c2ccccc2)c(-c2nnn[nH]2)c1. The molecule has 0 fully saturated rings. The minimum Gasteiger partial charge on any atom is -0.313 e. The average Bonchev–Trinajstić information content (AvgIpc) is 3.54. The highest BCUT2D eigenvalue weighted by atomic mass is 16.6. The molecule has 10 nitrogen and oxygen atoms in total. The molecule has 0 saturated carbocycles. The second kappa shape index (κ2) is 11.6. The number of nitrogens with one attached hydrogen (secondary N) is 1. The first-order chi connectivity index (χ1) is 19.9. The lowest BCUT2D eigenvalue weighted by Crippen LogP contribution is -2.55. The number of anilines is 1. The van der Waals surface area contributed by atoms with Crippen molar-refractivity contribution in [3.63, 3.8) is 0 Å². The van der Waals surface area contributed by atoms with E-state index >= 15 is 0 Å². The van der Waals surface area contributed by atoms with Gasteiger partial charge in [0.2, 0.25) is 0 Å². The fourth-order valence-corrected chi connectivity index (χ4v) is 5.38. The first kappa shape index (κ1) is 27.6. The smallest absolute Gasteiger partial charge is 0.269 e. The molecule has 10 heteroatoms. The molecule has 0 radical (unpaired) electrons. The summed E-state index contributed by atoms with van der Waals surface area (Å²) in [5, 5.41) is 25.8. The predicted molar refractivity (Wildman–Crippen MR) is 158 cm³/mol. The minimum atomic E-state index is -1.05. The van der Waals surface area contributed by atoms with Crippen LogP contribution in [0.4, 0.5) is 11.4 Å². The molecule has 1 aliphatic rings. The fraction of sp³-hybridized carbons (Fsp3) is 0.258. The summed E-state index contributed by atoms with van der Waals surface area (Å²) >= 11 is 0. The highest BCUT2D eigenvalue weighted by Crippen LogP contribution is 2.41. The quantitative estimate of drug-likeness (QED) is 0.139. The first-order valence-electron chi connectivity index (χ1n) is 13.6. The number of nitro benzene ring substituents is 1. The van der Waals surface area contributed by atoms with E-state index in [2.05, 4.69) is 27.5 Å². The van der Waals surface area contributed by atoms with Gasteiger partial charge in [-0.25, -0.2) is 10.1 Å². The number of carbonyl (C=O) groups excluding carboxylic acids is 1. The van der Waals surface area contributed by atoms with Crippen LogP contribution in [0.3, 0.4) is 0 Å². The molecule has 1 atom stereocenters. The molecule has 3 aromatic carbocycles. The van der Waals surface area contributed by atoms with E-state index in [0.717, 1.165) is 64.2 Å². The molecule has 0 spiro atoms. The molecular weight excluding hydrogens is 518 g/mol. The molecule has 0 bridgehead atoms. The van der Waals surface area contributed by atoms with E-state index in [0.29, 0.717) is 18.7 Å². The summed E-state index contributed by atoms with van der Waals surface area (Å²) in [7, 11) is 0. The molecule has 41 heavy (non-hydrogen) atoms. The number of nitrogens with zero attached hydrogens (tertiary/aromatic N) is 6. The Balaban J connectivity index is 1.64. The second-order valence-corrected chi connectivity index (χ2v) is 10.2. The summed E-state index contributed by atoms with van der Waals surface area (Å²) in [6, 6.07) is 22.4. The van der Waals surface area contributed by atoms with Crippen molar-refractivity contribution in [2.45, 2.75) is 52.0 Å². The highest BCUT2D eigenvalue weighted by Gasteiger charge is 2.42. The lowest BCUT2D eigenvalue weighted by Gasteiger charge is -2.44. The fourth-order valence-electron chi connectivity index (χ4n) is 5.38. The number of hydrogen-bond donors (Lipinski definition) is 1. The van der Waals surface area contributed by atoms with E-state index in [1.807, 2.05) is 67.3 Å². The normalized spacial score (nSPS) is 17.0. The summed E-state index contributed by atoms with van der Waals surface area (Å²) < 4.78 is 0. The topological polar surface area (TPSA) is 130 Å². The van der Waals surface area contributed by atoms with Crippen LogP contribution in [0.1, 0.15) is 45.6 Å². The van der Waals surface area contributed by atoms with Gasteiger partial charge in [-0.2, -0.15) is 0 Å². The van der Waals surface area contributed by atoms with Crippen molar-refractivity contribution in [1.82, 2.24) is 20.6 Å². The van der Waals surface area contributed by atoms with Crippen LogP contribution in [-0.4, -0.2) is 43.2 Å². The van der Waals surface area contributed by atoms with Gasteiger partial charge in [0.15, 0.2) is 5.82 Å². The van der Waals surface area contributed by atoms with Crippen LogP contribution in [0.25, 0.3) is 22.5 Å². The van der Waals surface area contributed by atoms with Crippen molar-refractivity contribution in [1.29, 1.82) is 0 Å². The Kier molecular flexibility index (Phi) is 7.82. The third-order valence-corrected chi connectivity index (χ3v) is 7.53. The number of aldehydes is 1. The van der Waals surface area contributed by atoms with Crippen LogP contribution >= 0.6 is 0 Å². The summed E-state index contributed by atoms with van der Waals surface area (Å²) in [5.74, 6) is 1.32. The zero-order chi connectivity index (χ0) is 29.0. The van der Waals surface area contributed by atoms with Crippen molar-refractivity contribution < 1.29 is 9.72 Å². The van der Waals surface area contributed by atoms with Crippen LogP contribution in [0, 0.1) is 10.1 Å². The third-order valence-electron chi connectivity index (χ3n) is 7.53. The number of non-ortho nitro benzene ring substituents is 1. The van der Waals surface area contributed by atoms with Crippen LogP contribution in [0.15, 0.2) is 89.1 Å². The van der Waals surface area contributed by atoms with Crippen molar-refractivity contribution >= 4 is 23.5 Å². The number of aliphatic imine (C=N–C) groups is 1. The maximum absolute atomic E-state index is 13.1. The van der Waals surface area contributed by atoms with E-state index in [4.69, 9.17) is 4.99 Å². The van der Waals surface area contributed by atoms with Crippen LogP contribution in [0.2, 0.25) is 0 Å². The van der Waals surface area contributed by atoms with Crippen LogP contribution < -0.4 is 4.90 Å². The van der Waals surface area contributed by atoms with Gasteiger partial charge in [0.1, 0.15) is 17.7 Å². The largest absolute Gasteiger partial charge is 0.313 e. The Labute approximate surface area is 238 Å². The van der Waals surface area contributed by atoms with Crippen molar-refractivity contribution in [2.24, 2.45) is 4.99 Å². The number of benzene rings is 3. The van der Waals surface area contributed by atoms with Crippen molar-refractivity contribution in [3.8, 4) is 22.5 Å². The standard InChI is InChI=1S/C31H31N7O3/c1-4-5-11-29-32-21(2)28(18-22-12-14-24(15-13-22)38(40)41)31(3,20-39)37(29)25-16-17-26(23-9-7-6-8-10-23)27(19-25)30-33-35-36-34-30/h6-10,12-17,19-20H,4-5,11,18H2,1-3H3,(H,33,34,35,36). The lowest BCUT2D eigenvalue weighted by atomic mass is 9.82. The number of aromatic amines is 1. The predicted octanol–water partition coefficient (Wildman–Crippen LogP) is 6.32. The van der Waals surface area contributed by atoms with Crippen molar-refractivity contribution in [2.75, 3.05) is 4.90 Å². The number of carbonyl (C=O) groups is 1. The third kappa shape index (κ3) is 5.41. The number of tetrazole rings is 1. The number of aromatic nitrogens is 4. The Morgan fingerprint density at radius 1 is 1.05 bits per heavy atom. The van der Waals surface area contributed by atoms with Crippen LogP contribution in [-0.2, 0) is 11.2 Å². The Bertz CT molecular complexity index is 1610. The van der Waals surface area contributed by atoms with E-state index in [1.165, 1.54) is 12.1 Å². The number of unbranched alkanes of at least 4 members (excludes halogenated alkanes) is 1. The molecule has 0 amide bonds. The molecule has 1 N–H and O–H groups in total. The number of hydrogen-bond acceptors (Lipinski definition) is 8. The number of rotatable bonds is 10. The molecule has 1 aromatic heterocycles. The molecular formula is C31H31N7O3. The highest BCUT2D eigenvalue weighted by molar-refractivity contribution is 6.06. The second-order valence-electron chi connectivity index (χ2n) is 10.2. The first-order valence-corrected chi connectivity index (χ1v) is 13.6. The van der Waals surface area contributed by atoms with Gasteiger partial charge < -0.3 is 9.69 Å². The van der Waals surface area contributed by atoms with Gasteiger partial charge in [-0.3, -0.25) is 10.1 Å². The molecule has 0 aliphatic carbocycles. The summed E-state index contributed by atoms with van der Waals surface area (Å²) in [6.45, 7) is 5.96. The van der Waals surface area contributed by atoms with Gasteiger partial charge in [0, 0.05) is 35.5 Å². The summed E-state index contributed by atoms with van der Waals surface area (Å²) in [4.78, 5) is 30.9. The molecule has 4 aromatic rings. The van der Waals surface area contributed by atoms with Gasteiger partial charge in [0.25, 0.3) is 5.69 Å². The van der Waals surface area contributed by atoms with E-state index in [1.54, 1.807) is 12.1 Å². The van der Waals surface area contributed by atoms with Gasteiger partial charge in [-0.1, -0.05) is 61.9 Å². The molecule has 5 rings (SSSR count). The zero-order valence-electron chi connectivity index (χ0n) is 23.2. The molecule has 208 valence electrons. The van der Waals surface area contributed by atoms with Gasteiger partial charge in [0.05, 0.1) is 4.92 Å². The van der Waals surface area contributed by atoms with Crippen LogP contribution in [0.5, 0.6) is 0 Å². The molecule has 1 unspecified atom stereocenters.